The van der Waals surface area contributed by atoms with E-state index in [4.69, 9.17) is 9.26 Å². The van der Waals surface area contributed by atoms with Crippen LogP contribution in [0.3, 0.4) is 0 Å². The van der Waals surface area contributed by atoms with Crippen LogP contribution >= 0.6 is 0 Å². The van der Waals surface area contributed by atoms with Crippen LogP contribution in [0.5, 0.6) is 5.88 Å². The first-order valence-corrected chi connectivity index (χ1v) is 7.53. The third kappa shape index (κ3) is 3.54. The van der Waals surface area contributed by atoms with Gasteiger partial charge in [0, 0.05) is 24.9 Å². The molecule has 0 aromatic carbocycles. The topological polar surface area (TPSA) is 96.3 Å². The minimum Gasteiger partial charge on any atom is -0.476 e. The molecule has 3 heterocycles. The van der Waals surface area contributed by atoms with E-state index in [0.29, 0.717) is 35.1 Å². The fourth-order valence-corrected chi connectivity index (χ4v) is 2.18. The Morgan fingerprint density at radius 3 is 2.96 bits per heavy atom. The number of aromatic amines is 1. The first kappa shape index (κ1) is 16.0. The van der Waals surface area contributed by atoms with Gasteiger partial charge in [-0.25, -0.2) is 4.98 Å². The number of aryl methyl sites for hydroxylation is 1. The average molecular weight is 329 g/mol. The van der Waals surface area contributed by atoms with Crippen molar-refractivity contribution < 1.29 is 14.1 Å². The summed E-state index contributed by atoms with van der Waals surface area (Å²) in [7, 11) is 3.94. The second-order valence-corrected chi connectivity index (χ2v) is 5.68. The monoisotopic (exact) mass is 329 g/mol. The Kier molecular flexibility index (Phi) is 4.48. The van der Waals surface area contributed by atoms with E-state index in [-0.39, 0.29) is 5.91 Å². The van der Waals surface area contributed by atoms with Crippen LogP contribution in [-0.4, -0.2) is 53.2 Å². The van der Waals surface area contributed by atoms with Crippen molar-refractivity contribution >= 4 is 22.8 Å². The minimum atomic E-state index is -0.313. The Labute approximate surface area is 138 Å². The SMILES string of the molecule is Cc1cc(NC(=O)c2c[nH]c3ccc(OCCN(C)C)nc23)no1. The number of ether oxygens (including phenoxy) is 1. The van der Waals surface area contributed by atoms with E-state index >= 15 is 0 Å². The van der Waals surface area contributed by atoms with E-state index in [0.717, 1.165) is 12.1 Å². The third-order valence-corrected chi connectivity index (χ3v) is 3.40. The lowest BCUT2D eigenvalue weighted by Crippen LogP contribution is -2.19. The quantitative estimate of drug-likeness (QED) is 0.718. The van der Waals surface area contributed by atoms with Gasteiger partial charge in [0.15, 0.2) is 5.82 Å². The fraction of sp³-hybridized carbons (Fsp3) is 0.312. The number of nitrogens with zero attached hydrogens (tertiary/aromatic N) is 3. The number of anilines is 1. The summed E-state index contributed by atoms with van der Waals surface area (Å²) in [5.74, 6) is 1.16. The summed E-state index contributed by atoms with van der Waals surface area (Å²) in [6, 6.07) is 5.26. The molecular formula is C16H19N5O3. The number of fused-ring (bicyclic) bond motifs is 1. The number of hydrogen-bond donors (Lipinski definition) is 2. The molecule has 0 radical (unpaired) electrons. The zero-order valence-corrected chi connectivity index (χ0v) is 13.8. The van der Waals surface area contributed by atoms with Gasteiger partial charge in [0.2, 0.25) is 5.88 Å². The van der Waals surface area contributed by atoms with Gasteiger partial charge in [-0.05, 0) is 27.1 Å². The molecule has 0 saturated carbocycles. The lowest BCUT2D eigenvalue weighted by molar-refractivity contribution is 0.102. The molecule has 24 heavy (non-hydrogen) atoms. The van der Waals surface area contributed by atoms with Crippen LogP contribution < -0.4 is 10.1 Å². The molecule has 0 bridgehead atoms. The molecule has 8 heteroatoms. The number of aromatic nitrogens is 3. The van der Waals surface area contributed by atoms with Crippen LogP contribution in [0.15, 0.2) is 28.9 Å². The molecule has 3 aromatic heterocycles. The van der Waals surface area contributed by atoms with Gasteiger partial charge >= 0.3 is 0 Å². The highest BCUT2D eigenvalue weighted by atomic mass is 16.5. The molecule has 0 fully saturated rings. The summed E-state index contributed by atoms with van der Waals surface area (Å²) in [6.07, 6.45) is 1.61. The number of likely N-dealkylation sites (N-methyl/N-ethyl adjacent to an activating group) is 1. The number of hydrogen-bond acceptors (Lipinski definition) is 6. The van der Waals surface area contributed by atoms with Gasteiger partial charge < -0.3 is 24.5 Å². The molecule has 126 valence electrons. The predicted octanol–water partition coefficient (Wildman–Crippen LogP) is 2.05. The Bertz CT molecular complexity index is 852. The summed E-state index contributed by atoms with van der Waals surface area (Å²) in [5.41, 5.74) is 1.73. The van der Waals surface area contributed by atoms with Crippen LogP contribution in [0.4, 0.5) is 5.82 Å². The number of pyridine rings is 1. The van der Waals surface area contributed by atoms with Gasteiger partial charge in [0.05, 0.1) is 11.1 Å². The van der Waals surface area contributed by atoms with Crippen molar-refractivity contribution in [2.75, 3.05) is 32.6 Å². The first-order chi connectivity index (χ1) is 11.5. The maximum atomic E-state index is 12.4. The normalized spacial score (nSPS) is 11.2. The summed E-state index contributed by atoms with van der Waals surface area (Å²) >= 11 is 0. The smallest absolute Gasteiger partial charge is 0.260 e. The van der Waals surface area contributed by atoms with Gasteiger partial charge in [-0.2, -0.15) is 0 Å². The van der Waals surface area contributed by atoms with Gasteiger partial charge in [-0.3, -0.25) is 4.79 Å². The molecule has 8 nitrogen and oxygen atoms in total. The second-order valence-electron chi connectivity index (χ2n) is 5.68. The molecule has 3 aromatic rings. The van der Waals surface area contributed by atoms with Crippen molar-refractivity contribution in [3.05, 3.63) is 35.7 Å². The molecule has 0 unspecified atom stereocenters. The largest absolute Gasteiger partial charge is 0.476 e. The summed E-state index contributed by atoms with van der Waals surface area (Å²) in [5, 5.41) is 6.44. The molecule has 0 spiro atoms. The van der Waals surface area contributed by atoms with Crippen molar-refractivity contribution in [1.82, 2.24) is 20.0 Å². The number of amides is 1. The van der Waals surface area contributed by atoms with E-state index in [1.807, 2.05) is 25.1 Å². The van der Waals surface area contributed by atoms with Crippen molar-refractivity contribution in [1.29, 1.82) is 0 Å². The van der Waals surface area contributed by atoms with E-state index in [1.54, 1.807) is 25.3 Å². The highest BCUT2D eigenvalue weighted by Crippen LogP contribution is 2.21. The molecule has 1 amide bonds. The van der Waals surface area contributed by atoms with E-state index in [9.17, 15) is 4.79 Å². The fourth-order valence-electron chi connectivity index (χ4n) is 2.18. The lowest BCUT2D eigenvalue weighted by atomic mass is 10.2. The average Bonchev–Trinajstić information content (AvgIpc) is 3.12. The maximum Gasteiger partial charge on any atom is 0.260 e. The molecular weight excluding hydrogens is 310 g/mol. The van der Waals surface area contributed by atoms with Crippen LogP contribution in [0.25, 0.3) is 11.0 Å². The van der Waals surface area contributed by atoms with Crippen LogP contribution in [0.2, 0.25) is 0 Å². The van der Waals surface area contributed by atoms with Gasteiger partial charge in [-0.15, -0.1) is 0 Å². The highest BCUT2D eigenvalue weighted by Gasteiger charge is 2.16. The number of rotatable bonds is 6. The van der Waals surface area contributed by atoms with Crippen LogP contribution in [-0.2, 0) is 0 Å². The number of nitrogens with one attached hydrogen (secondary N) is 2. The first-order valence-electron chi connectivity index (χ1n) is 7.53. The number of carbonyl (C=O) groups is 1. The van der Waals surface area contributed by atoms with Gasteiger partial charge in [0.1, 0.15) is 17.9 Å². The minimum absolute atomic E-state index is 0.313. The molecule has 0 aliphatic rings. The molecule has 0 aliphatic carbocycles. The lowest BCUT2D eigenvalue weighted by Gasteiger charge is -2.10. The molecule has 3 rings (SSSR count). The van der Waals surface area contributed by atoms with Crippen LogP contribution in [0.1, 0.15) is 16.1 Å². The summed E-state index contributed by atoms with van der Waals surface area (Å²) in [4.78, 5) is 21.9. The van der Waals surface area contributed by atoms with Crippen LogP contribution in [0, 0.1) is 6.92 Å². The van der Waals surface area contributed by atoms with E-state index in [2.05, 4.69) is 20.4 Å². The molecule has 0 atom stereocenters. The summed E-state index contributed by atoms with van der Waals surface area (Å²) in [6.45, 7) is 3.06. The maximum absolute atomic E-state index is 12.4. The highest BCUT2D eigenvalue weighted by molar-refractivity contribution is 6.11. The Morgan fingerprint density at radius 2 is 2.25 bits per heavy atom. The van der Waals surface area contributed by atoms with Crippen molar-refractivity contribution in [2.45, 2.75) is 6.92 Å². The third-order valence-electron chi connectivity index (χ3n) is 3.40. The van der Waals surface area contributed by atoms with Gasteiger partial charge in [-0.1, -0.05) is 5.16 Å². The Morgan fingerprint density at radius 1 is 1.42 bits per heavy atom. The molecule has 0 saturated heterocycles. The zero-order valence-electron chi connectivity index (χ0n) is 13.8. The Balaban J connectivity index is 1.78. The Hall–Kier alpha value is -2.87. The van der Waals surface area contributed by atoms with Crippen molar-refractivity contribution in [2.24, 2.45) is 0 Å². The van der Waals surface area contributed by atoms with E-state index in [1.165, 1.54) is 0 Å². The standard InChI is InChI=1S/C16H19N5O3/c1-10-8-13(20-24-10)18-16(22)11-9-17-12-4-5-14(19-15(11)12)23-7-6-21(2)3/h4-5,8-9,17H,6-7H2,1-3H3,(H,18,20,22). The number of carbonyl (C=O) groups excluding carboxylic acids is 1. The van der Waals surface area contributed by atoms with E-state index < -0.39 is 0 Å². The van der Waals surface area contributed by atoms with Crippen molar-refractivity contribution in [3.63, 3.8) is 0 Å². The van der Waals surface area contributed by atoms with Gasteiger partial charge in [0.25, 0.3) is 5.91 Å². The van der Waals surface area contributed by atoms with Crippen molar-refractivity contribution in [3.8, 4) is 5.88 Å². The predicted molar refractivity (Wildman–Crippen MR) is 89.3 cm³/mol. The molecule has 2 N–H and O–H groups in total. The zero-order chi connectivity index (χ0) is 17.1. The number of H-pyrrole nitrogens is 1. The second kappa shape index (κ2) is 6.71. The summed E-state index contributed by atoms with van der Waals surface area (Å²) < 4.78 is 10.6. The molecule has 0 aliphatic heterocycles.